The molecule has 1 heterocycles. The van der Waals surface area contributed by atoms with Gasteiger partial charge in [-0.1, -0.05) is 0 Å². The zero-order valence-corrected chi connectivity index (χ0v) is 13.7. The topological polar surface area (TPSA) is 98.5 Å². The molecule has 1 N–H and O–H groups in total. The molecule has 9 heteroatoms. The Kier molecular flexibility index (Phi) is 4.75. The second-order valence-electron chi connectivity index (χ2n) is 5.46. The van der Waals surface area contributed by atoms with Gasteiger partial charge in [0.15, 0.2) is 6.61 Å². The molecule has 7 nitrogen and oxygen atoms in total. The number of ether oxygens (including phenoxy) is 1. The Balaban J connectivity index is 1.56. The van der Waals surface area contributed by atoms with Gasteiger partial charge in [-0.05, 0) is 43.0 Å². The van der Waals surface area contributed by atoms with Crippen LogP contribution in [0.5, 0.6) is 0 Å². The monoisotopic (exact) mass is 364 g/mol. The highest BCUT2D eigenvalue weighted by molar-refractivity contribution is 7.14. The van der Waals surface area contributed by atoms with Gasteiger partial charge in [0.1, 0.15) is 4.88 Å². The lowest BCUT2D eigenvalue weighted by atomic mass is 10.2. The Labute approximate surface area is 145 Å². The highest BCUT2D eigenvalue weighted by atomic mass is 32.1. The summed E-state index contributed by atoms with van der Waals surface area (Å²) >= 11 is 1.37. The van der Waals surface area contributed by atoms with Crippen LogP contribution in [0.4, 0.5) is 15.8 Å². The first-order chi connectivity index (χ1) is 11.9. The Hall–Kier alpha value is -2.81. The summed E-state index contributed by atoms with van der Waals surface area (Å²) in [5, 5.41) is 13.0. The Morgan fingerprint density at radius 2 is 2.12 bits per heavy atom. The predicted octanol–water partition coefficient (Wildman–Crippen LogP) is 3.08. The number of benzene rings is 1. The smallest absolute Gasteiger partial charge is 0.348 e. The molecule has 1 aromatic heterocycles. The van der Waals surface area contributed by atoms with Crippen LogP contribution < -0.4 is 5.32 Å². The minimum atomic E-state index is -1.000. The second kappa shape index (κ2) is 6.98. The summed E-state index contributed by atoms with van der Waals surface area (Å²) < 4.78 is 18.2. The molecule has 3 rings (SSSR count). The number of nitrogens with zero attached hydrogens (tertiary/aromatic N) is 1. The number of nitro groups is 1. The van der Waals surface area contributed by atoms with Crippen LogP contribution in [-0.2, 0) is 22.4 Å². The van der Waals surface area contributed by atoms with E-state index >= 15 is 0 Å². The van der Waals surface area contributed by atoms with Gasteiger partial charge in [0, 0.05) is 16.6 Å². The van der Waals surface area contributed by atoms with Crippen LogP contribution in [0.1, 0.15) is 26.5 Å². The fraction of sp³-hybridized carbons (Fsp3) is 0.250. The molecule has 0 radical (unpaired) electrons. The van der Waals surface area contributed by atoms with Gasteiger partial charge in [-0.2, -0.15) is 4.39 Å². The Bertz CT molecular complexity index is 843. The minimum absolute atomic E-state index is 0.0456. The van der Waals surface area contributed by atoms with E-state index in [4.69, 9.17) is 4.74 Å². The van der Waals surface area contributed by atoms with Gasteiger partial charge in [0.25, 0.3) is 5.91 Å². The maximum atomic E-state index is 13.2. The van der Waals surface area contributed by atoms with Crippen molar-refractivity contribution in [2.75, 3.05) is 11.9 Å². The van der Waals surface area contributed by atoms with E-state index in [0.29, 0.717) is 4.88 Å². The summed E-state index contributed by atoms with van der Waals surface area (Å²) in [6.07, 6.45) is 2.99. The van der Waals surface area contributed by atoms with E-state index in [1.165, 1.54) is 22.3 Å². The lowest BCUT2D eigenvalue weighted by Gasteiger charge is -2.06. The van der Waals surface area contributed by atoms with Crippen LogP contribution in [0.3, 0.4) is 0 Å². The number of hydrogen-bond donors (Lipinski definition) is 1. The minimum Gasteiger partial charge on any atom is -0.451 e. The molecule has 0 aliphatic heterocycles. The lowest BCUT2D eigenvalue weighted by Crippen LogP contribution is -2.20. The molecule has 25 heavy (non-hydrogen) atoms. The summed E-state index contributed by atoms with van der Waals surface area (Å²) in [5.41, 5.74) is 0.451. The molecule has 0 saturated carbocycles. The molecule has 130 valence electrons. The second-order valence-corrected chi connectivity index (χ2v) is 6.60. The SMILES string of the molecule is O=C(COC(=O)c1cc2c(s1)CCC2)Nc1ccc(F)c([N+](=O)[O-])c1. The molecular formula is C16H13FN2O5S. The van der Waals surface area contributed by atoms with Gasteiger partial charge in [0.05, 0.1) is 4.92 Å². The van der Waals surface area contributed by atoms with E-state index in [1.54, 1.807) is 6.07 Å². The van der Waals surface area contributed by atoms with Crippen LogP contribution in [0.2, 0.25) is 0 Å². The average Bonchev–Trinajstić information content (AvgIpc) is 3.16. The highest BCUT2D eigenvalue weighted by Crippen LogP contribution is 2.30. The van der Waals surface area contributed by atoms with Crippen molar-refractivity contribution in [3.63, 3.8) is 0 Å². The summed E-state index contributed by atoms with van der Waals surface area (Å²) in [7, 11) is 0. The molecule has 1 aliphatic rings. The normalized spacial score (nSPS) is 12.5. The summed E-state index contributed by atoms with van der Waals surface area (Å²) in [6, 6.07) is 4.76. The largest absolute Gasteiger partial charge is 0.451 e. The van der Waals surface area contributed by atoms with Gasteiger partial charge in [0.2, 0.25) is 5.82 Å². The van der Waals surface area contributed by atoms with Crippen molar-refractivity contribution in [3.05, 3.63) is 55.5 Å². The number of carbonyl (C=O) groups is 2. The third-order valence-electron chi connectivity index (χ3n) is 3.71. The number of thiophene rings is 1. The molecule has 0 fully saturated rings. The van der Waals surface area contributed by atoms with Crippen LogP contribution in [-0.4, -0.2) is 23.4 Å². The van der Waals surface area contributed by atoms with Crippen LogP contribution in [0.25, 0.3) is 0 Å². The first kappa shape index (κ1) is 17.0. The molecule has 1 aliphatic carbocycles. The Morgan fingerprint density at radius 3 is 2.84 bits per heavy atom. The summed E-state index contributed by atoms with van der Waals surface area (Å²) in [6.45, 7) is -0.535. The Morgan fingerprint density at radius 1 is 1.32 bits per heavy atom. The van der Waals surface area contributed by atoms with Crippen molar-refractivity contribution < 1.29 is 23.6 Å². The number of esters is 1. The van der Waals surface area contributed by atoms with Crippen molar-refractivity contribution in [2.45, 2.75) is 19.3 Å². The highest BCUT2D eigenvalue weighted by Gasteiger charge is 2.20. The standard InChI is InChI=1S/C16H13FN2O5S/c17-11-5-4-10(7-12(11)19(22)23)18-15(20)8-24-16(21)14-6-9-2-1-3-13(9)25-14/h4-7H,1-3,8H2,(H,18,20). The number of amides is 1. The third-order valence-corrected chi connectivity index (χ3v) is 4.93. The number of nitro benzene ring substituents is 1. The van der Waals surface area contributed by atoms with Gasteiger partial charge >= 0.3 is 11.7 Å². The molecule has 2 aromatic rings. The number of hydrogen-bond acceptors (Lipinski definition) is 6. The van der Waals surface area contributed by atoms with Crippen molar-refractivity contribution in [2.24, 2.45) is 0 Å². The number of aryl methyl sites for hydroxylation is 2. The molecule has 0 atom stereocenters. The van der Waals surface area contributed by atoms with E-state index in [1.807, 2.05) is 0 Å². The molecule has 0 saturated heterocycles. The van der Waals surface area contributed by atoms with Crippen molar-refractivity contribution in [3.8, 4) is 0 Å². The molecule has 1 amide bonds. The van der Waals surface area contributed by atoms with Crippen molar-refractivity contribution >= 4 is 34.6 Å². The average molecular weight is 364 g/mol. The first-order valence-corrected chi connectivity index (χ1v) is 8.28. The lowest BCUT2D eigenvalue weighted by molar-refractivity contribution is -0.387. The van der Waals surface area contributed by atoms with Gasteiger partial charge < -0.3 is 10.1 Å². The number of nitrogens with one attached hydrogen (secondary N) is 1. The summed E-state index contributed by atoms with van der Waals surface area (Å²) in [5.74, 6) is -2.25. The third kappa shape index (κ3) is 3.82. The van der Waals surface area contributed by atoms with Crippen molar-refractivity contribution in [1.29, 1.82) is 0 Å². The van der Waals surface area contributed by atoms with Gasteiger partial charge in [-0.3, -0.25) is 14.9 Å². The van der Waals surface area contributed by atoms with E-state index in [2.05, 4.69) is 5.32 Å². The van der Waals surface area contributed by atoms with Gasteiger partial charge in [-0.25, -0.2) is 4.79 Å². The zero-order chi connectivity index (χ0) is 18.0. The first-order valence-electron chi connectivity index (χ1n) is 7.46. The number of carbonyl (C=O) groups excluding carboxylic acids is 2. The van der Waals surface area contributed by atoms with Crippen molar-refractivity contribution in [1.82, 2.24) is 0 Å². The van der Waals surface area contributed by atoms with Crippen LogP contribution >= 0.6 is 11.3 Å². The maximum Gasteiger partial charge on any atom is 0.348 e. The zero-order valence-electron chi connectivity index (χ0n) is 12.9. The maximum absolute atomic E-state index is 13.2. The predicted molar refractivity (Wildman–Crippen MR) is 88.3 cm³/mol. The molecule has 0 bridgehead atoms. The van der Waals surface area contributed by atoms with E-state index in [0.717, 1.165) is 37.0 Å². The number of fused-ring (bicyclic) bond motifs is 1. The number of anilines is 1. The molecule has 1 aromatic carbocycles. The number of rotatable bonds is 5. The molecular weight excluding hydrogens is 351 g/mol. The van der Waals surface area contributed by atoms with Gasteiger partial charge in [-0.15, -0.1) is 11.3 Å². The summed E-state index contributed by atoms with van der Waals surface area (Å²) in [4.78, 5) is 35.2. The number of halogens is 1. The van der Waals surface area contributed by atoms with Crippen LogP contribution in [0.15, 0.2) is 24.3 Å². The van der Waals surface area contributed by atoms with Crippen LogP contribution in [0, 0.1) is 15.9 Å². The quantitative estimate of drug-likeness (QED) is 0.499. The van der Waals surface area contributed by atoms with E-state index in [9.17, 15) is 24.1 Å². The fourth-order valence-electron chi connectivity index (χ4n) is 2.56. The van der Waals surface area contributed by atoms with E-state index in [-0.39, 0.29) is 5.69 Å². The molecule has 0 spiro atoms. The fourth-order valence-corrected chi connectivity index (χ4v) is 3.71. The van der Waals surface area contributed by atoms with E-state index < -0.39 is 34.9 Å². The molecule has 0 unspecified atom stereocenters.